The Morgan fingerprint density at radius 3 is 2.71 bits per heavy atom. The van der Waals surface area contributed by atoms with Crippen molar-refractivity contribution >= 4 is 0 Å². The molecular formula is C15H23NO. The summed E-state index contributed by atoms with van der Waals surface area (Å²) in [4.78, 5) is 0. The van der Waals surface area contributed by atoms with Gasteiger partial charge < -0.3 is 10.1 Å². The van der Waals surface area contributed by atoms with Crippen LogP contribution in [0.2, 0.25) is 0 Å². The van der Waals surface area contributed by atoms with Gasteiger partial charge >= 0.3 is 0 Å². The fraction of sp³-hybridized carbons (Fsp3) is 0.600. The van der Waals surface area contributed by atoms with Gasteiger partial charge in [0, 0.05) is 6.04 Å². The van der Waals surface area contributed by atoms with Crippen LogP contribution in [0.4, 0.5) is 0 Å². The molecule has 2 nitrogen and oxygen atoms in total. The largest absolute Gasteiger partial charge is 0.494 e. The second kappa shape index (κ2) is 6.65. The molecule has 1 unspecified atom stereocenters. The summed E-state index contributed by atoms with van der Waals surface area (Å²) in [6, 6.07) is 10.8. The highest BCUT2D eigenvalue weighted by atomic mass is 16.5. The highest BCUT2D eigenvalue weighted by Crippen LogP contribution is 2.34. The number of rotatable bonds is 8. The number of hydrogen-bond donors (Lipinski definition) is 1. The Morgan fingerprint density at radius 2 is 2.06 bits per heavy atom. The van der Waals surface area contributed by atoms with Crippen LogP contribution in [-0.2, 0) is 0 Å². The van der Waals surface area contributed by atoms with Gasteiger partial charge in [-0.1, -0.05) is 25.1 Å². The molecule has 1 N–H and O–H groups in total. The molecule has 0 bridgehead atoms. The number of nitrogens with one attached hydrogen (secondary N) is 1. The van der Waals surface area contributed by atoms with E-state index in [-0.39, 0.29) is 0 Å². The Labute approximate surface area is 104 Å². The van der Waals surface area contributed by atoms with Crippen LogP contribution in [0, 0.1) is 5.92 Å². The standard InChI is InChI=1S/C15H23NO/c1-2-16-15(13-10-11-13)9-6-12-17-14-7-4-3-5-8-14/h3-5,7-8,13,15-16H,2,6,9-12H2,1H3. The molecule has 17 heavy (non-hydrogen) atoms. The third kappa shape index (κ3) is 4.39. The average molecular weight is 233 g/mol. The lowest BCUT2D eigenvalue weighted by Crippen LogP contribution is -2.31. The normalized spacial score (nSPS) is 16.8. The average Bonchev–Trinajstić information content (AvgIpc) is 3.19. The quantitative estimate of drug-likeness (QED) is 0.696. The molecule has 0 aromatic heterocycles. The van der Waals surface area contributed by atoms with Crippen molar-refractivity contribution < 1.29 is 4.74 Å². The van der Waals surface area contributed by atoms with E-state index in [2.05, 4.69) is 12.2 Å². The van der Waals surface area contributed by atoms with Gasteiger partial charge in [-0.2, -0.15) is 0 Å². The van der Waals surface area contributed by atoms with Gasteiger partial charge in [-0.3, -0.25) is 0 Å². The first-order valence-corrected chi connectivity index (χ1v) is 6.81. The molecular weight excluding hydrogens is 210 g/mol. The minimum absolute atomic E-state index is 0.722. The SMILES string of the molecule is CCNC(CCCOc1ccccc1)C1CC1. The van der Waals surface area contributed by atoms with Crippen molar-refractivity contribution in [2.45, 2.75) is 38.6 Å². The van der Waals surface area contributed by atoms with E-state index < -0.39 is 0 Å². The van der Waals surface area contributed by atoms with E-state index in [9.17, 15) is 0 Å². The van der Waals surface area contributed by atoms with Crippen molar-refractivity contribution in [3.05, 3.63) is 30.3 Å². The number of para-hydroxylation sites is 1. The van der Waals surface area contributed by atoms with Crippen molar-refractivity contribution in [2.75, 3.05) is 13.2 Å². The van der Waals surface area contributed by atoms with Crippen molar-refractivity contribution in [1.29, 1.82) is 0 Å². The zero-order valence-corrected chi connectivity index (χ0v) is 10.7. The summed E-state index contributed by atoms with van der Waals surface area (Å²) in [7, 11) is 0. The molecule has 1 aromatic rings. The Bertz CT molecular complexity index is 308. The lowest BCUT2D eigenvalue weighted by molar-refractivity contribution is 0.291. The van der Waals surface area contributed by atoms with Crippen LogP contribution in [0.25, 0.3) is 0 Å². The summed E-state index contributed by atoms with van der Waals surface area (Å²) in [5.74, 6) is 1.92. The first-order valence-electron chi connectivity index (χ1n) is 6.81. The molecule has 0 radical (unpaired) electrons. The van der Waals surface area contributed by atoms with E-state index in [1.807, 2.05) is 30.3 Å². The van der Waals surface area contributed by atoms with E-state index in [0.29, 0.717) is 0 Å². The fourth-order valence-electron chi connectivity index (χ4n) is 2.28. The lowest BCUT2D eigenvalue weighted by atomic mass is 10.1. The summed E-state index contributed by atoms with van der Waals surface area (Å²) in [6.07, 6.45) is 5.21. The van der Waals surface area contributed by atoms with Crippen molar-refractivity contribution in [3.63, 3.8) is 0 Å². The molecule has 0 saturated heterocycles. The topological polar surface area (TPSA) is 21.3 Å². The summed E-state index contributed by atoms with van der Waals surface area (Å²) in [5, 5.41) is 3.59. The van der Waals surface area contributed by atoms with Crippen LogP contribution in [0.1, 0.15) is 32.6 Å². The molecule has 1 atom stereocenters. The number of benzene rings is 1. The molecule has 0 heterocycles. The highest BCUT2D eigenvalue weighted by Gasteiger charge is 2.29. The molecule has 1 fully saturated rings. The first-order chi connectivity index (χ1) is 8.40. The van der Waals surface area contributed by atoms with Crippen LogP contribution in [0.15, 0.2) is 30.3 Å². The van der Waals surface area contributed by atoms with E-state index in [1.54, 1.807) is 0 Å². The van der Waals surface area contributed by atoms with Crippen LogP contribution in [0.5, 0.6) is 5.75 Å². The van der Waals surface area contributed by atoms with Crippen LogP contribution in [-0.4, -0.2) is 19.2 Å². The molecule has 0 spiro atoms. The summed E-state index contributed by atoms with van der Waals surface area (Å²) in [6.45, 7) is 4.11. The minimum Gasteiger partial charge on any atom is -0.494 e. The smallest absolute Gasteiger partial charge is 0.119 e. The predicted molar refractivity (Wildman–Crippen MR) is 71.4 cm³/mol. The zero-order chi connectivity index (χ0) is 11.9. The maximum absolute atomic E-state index is 5.71. The first kappa shape index (κ1) is 12.4. The van der Waals surface area contributed by atoms with Gasteiger partial charge in [-0.05, 0) is 50.3 Å². The molecule has 1 aromatic carbocycles. The predicted octanol–water partition coefficient (Wildman–Crippen LogP) is 3.23. The molecule has 1 saturated carbocycles. The molecule has 94 valence electrons. The molecule has 0 amide bonds. The molecule has 0 aliphatic heterocycles. The second-order valence-electron chi connectivity index (χ2n) is 4.81. The third-order valence-electron chi connectivity index (χ3n) is 3.33. The van der Waals surface area contributed by atoms with Crippen molar-refractivity contribution in [1.82, 2.24) is 5.32 Å². The maximum atomic E-state index is 5.71. The van der Waals surface area contributed by atoms with Gasteiger partial charge in [0.05, 0.1) is 6.61 Å². The zero-order valence-electron chi connectivity index (χ0n) is 10.7. The molecule has 1 aliphatic rings. The maximum Gasteiger partial charge on any atom is 0.119 e. The summed E-state index contributed by atoms with van der Waals surface area (Å²) < 4.78 is 5.71. The van der Waals surface area contributed by atoms with Gasteiger partial charge in [-0.15, -0.1) is 0 Å². The molecule has 2 heteroatoms. The molecule has 1 aliphatic carbocycles. The van der Waals surface area contributed by atoms with Gasteiger partial charge in [0.15, 0.2) is 0 Å². The van der Waals surface area contributed by atoms with Crippen molar-refractivity contribution in [2.24, 2.45) is 5.92 Å². The van der Waals surface area contributed by atoms with Gasteiger partial charge in [0.25, 0.3) is 0 Å². The van der Waals surface area contributed by atoms with Crippen LogP contribution < -0.4 is 10.1 Å². The Hall–Kier alpha value is -1.02. The number of hydrogen-bond acceptors (Lipinski definition) is 2. The van der Waals surface area contributed by atoms with E-state index in [0.717, 1.165) is 37.3 Å². The highest BCUT2D eigenvalue weighted by molar-refractivity contribution is 5.20. The Morgan fingerprint density at radius 1 is 1.29 bits per heavy atom. The fourth-order valence-corrected chi connectivity index (χ4v) is 2.28. The Kier molecular flexibility index (Phi) is 4.87. The van der Waals surface area contributed by atoms with Gasteiger partial charge in [-0.25, -0.2) is 0 Å². The van der Waals surface area contributed by atoms with Crippen LogP contribution >= 0.6 is 0 Å². The summed E-state index contributed by atoms with van der Waals surface area (Å²) >= 11 is 0. The second-order valence-corrected chi connectivity index (χ2v) is 4.81. The summed E-state index contributed by atoms with van der Waals surface area (Å²) in [5.41, 5.74) is 0. The van der Waals surface area contributed by atoms with Gasteiger partial charge in [0.2, 0.25) is 0 Å². The monoisotopic (exact) mass is 233 g/mol. The van der Waals surface area contributed by atoms with E-state index >= 15 is 0 Å². The minimum atomic E-state index is 0.722. The molecule has 2 rings (SSSR count). The third-order valence-corrected chi connectivity index (χ3v) is 3.33. The van der Waals surface area contributed by atoms with Crippen LogP contribution in [0.3, 0.4) is 0 Å². The van der Waals surface area contributed by atoms with E-state index in [1.165, 1.54) is 19.3 Å². The Balaban J connectivity index is 1.61. The van der Waals surface area contributed by atoms with Crippen molar-refractivity contribution in [3.8, 4) is 5.75 Å². The number of ether oxygens (including phenoxy) is 1. The van der Waals surface area contributed by atoms with Gasteiger partial charge in [0.1, 0.15) is 5.75 Å². The lowest BCUT2D eigenvalue weighted by Gasteiger charge is -2.17. The van der Waals surface area contributed by atoms with E-state index in [4.69, 9.17) is 4.74 Å².